The fraction of sp³-hybridized carbons (Fsp3) is 0.119. The Labute approximate surface area is 291 Å². The van der Waals surface area contributed by atoms with Crippen LogP contribution in [0.5, 0.6) is 0 Å². The van der Waals surface area contributed by atoms with E-state index >= 15 is 0 Å². The lowest BCUT2D eigenvalue weighted by atomic mass is 9.91. The minimum atomic E-state index is -1.09. The molecule has 0 aliphatic carbocycles. The Morgan fingerprint density at radius 2 is 1.34 bits per heavy atom. The summed E-state index contributed by atoms with van der Waals surface area (Å²) in [5.41, 5.74) is 4.91. The first-order valence-corrected chi connectivity index (χ1v) is 16.5. The number of nitrogens with one attached hydrogen (secondary N) is 3. The summed E-state index contributed by atoms with van der Waals surface area (Å²) in [6, 6.07) is 41.5. The van der Waals surface area contributed by atoms with Gasteiger partial charge in [-0.25, -0.2) is 4.98 Å². The molecule has 1 heterocycles. The molecule has 5 aromatic carbocycles. The lowest BCUT2D eigenvalue weighted by Gasteiger charge is -2.32. The summed E-state index contributed by atoms with van der Waals surface area (Å²) in [5.74, 6) is -1.28. The van der Waals surface area contributed by atoms with E-state index in [1.165, 1.54) is 11.1 Å². The SMILES string of the molecule is N=Cc1cccc(C(C(=O)NCC(c2ccccc2)c2ccccc2)N(CCc2cnc[nH]2)C(=O)c2ccccc2C(=O)c2ccccc2)c1. The number of carbonyl (C=O) groups is 3. The van der Waals surface area contributed by atoms with Crippen LogP contribution in [-0.4, -0.2) is 51.8 Å². The van der Waals surface area contributed by atoms with E-state index in [0.717, 1.165) is 16.8 Å². The van der Waals surface area contributed by atoms with Gasteiger partial charge in [0.2, 0.25) is 5.91 Å². The summed E-state index contributed by atoms with van der Waals surface area (Å²) >= 11 is 0. The van der Waals surface area contributed by atoms with Crippen molar-refractivity contribution in [3.63, 3.8) is 0 Å². The van der Waals surface area contributed by atoms with Gasteiger partial charge in [-0.1, -0.05) is 127 Å². The third kappa shape index (κ3) is 7.82. The quantitative estimate of drug-likeness (QED) is 0.0861. The molecule has 1 aromatic heterocycles. The molecule has 1 atom stereocenters. The van der Waals surface area contributed by atoms with E-state index in [4.69, 9.17) is 5.41 Å². The Balaban J connectivity index is 1.41. The Morgan fingerprint density at radius 1 is 0.740 bits per heavy atom. The van der Waals surface area contributed by atoms with Crippen LogP contribution in [0.4, 0.5) is 0 Å². The summed E-state index contributed by atoms with van der Waals surface area (Å²) in [6.45, 7) is 0.419. The first kappa shape index (κ1) is 33.5. The molecule has 248 valence electrons. The molecule has 0 spiro atoms. The number of benzene rings is 5. The number of H-pyrrole nitrogens is 1. The van der Waals surface area contributed by atoms with E-state index in [-0.39, 0.29) is 41.8 Å². The molecule has 6 rings (SSSR count). The number of nitrogens with zero attached hydrogens (tertiary/aromatic N) is 2. The second kappa shape index (κ2) is 16.1. The first-order chi connectivity index (χ1) is 24.5. The number of carbonyl (C=O) groups excluding carboxylic acids is 3. The number of hydrogen-bond donors (Lipinski definition) is 3. The third-order valence-electron chi connectivity index (χ3n) is 8.71. The highest BCUT2D eigenvalue weighted by Gasteiger charge is 2.34. The molecule has 1 unspecified atom stereocenters. The van der Waals surface area contributed by atoms with Crippen molar-refractivity contribution in [2.75, 3.05) is 13.1 Å². The molecule has 0 saturated heterocycles. The van der Waals surface area contributed by atoms with Gasteiger partial charge in [0.25, 0.3) is 5.91 Å². The summed E-state index contributed by atoms with van der Waals surface area (Å²) in [4.78, 5) is 52.0. The highest BCUT2D eigenvalue weighted by molar-refractivity contribution is 6.15. The molecule has 0 radical (unpaired) electrons. The van der Waals surface area contributed by atoms with Crippen LogP contribution in [0.3, 0.4) is 0 Å². The van der Waals surface area contributed by atoms with E-state index < -0.39 is 11.9 Å². The Morgan fingerprint density at radius 3 is 1.96 bits per heavy atom. The predicted octanol–water partition coefficient (Wildman–Crippen LogP) is 7.01. The van der Waals surface area contributed by atoms with E-state index in [9.17, 15) is 14.4 Å². The lowest BCUT2D eigenvalue weighted by molar-refractivity contribution is -0.126. The molecule has 8 nitrogen and oxygen atoms in total. The second-order valence-corrected chi connectivity index (χ2v) is 11.9. The zero-order valence-corrected chi connectivity index (χ0v) is 27.4. The standard InChI is InChI=1S/C42H37N5O3/c43-26-30-13-12-20-34(25-30)39(41(49)45-28-38(31-14-4-1-5-15-31)32-16-6-2-7-17-32)47(24-23-35-27-44-29-46-35)42(50)37-22-11-10-21-36(37)40(48)33-18-8-3-9-19-33/h1-22,25-27,29,38-39,43H,23-24,28H2,(H,44,46)(H,45,49). The zero-order valence-electron chi connectivity index (χ0n) is 27.4. The first-order valence-electron chi connectivity index (χ1n) is 16.5. The van der Waals surface area contributed by atoms with Gasteiger partial charge in [0, 0.05) is 54.7 Å². The van der Waals surface area contributed by atoms with Gasteiger partial charge in [-0.05, 0) is 34.4 Å². The van der Waals surface area contributed by atoms with E-state index in [2.05, 4.69) is 15.3 Å². The van der Waals surface area contributed by atoms with Gasteiger partial charge in [-0.2, -0.15) is 0 Å². The largest absolute Gasteiger partial charge is 0.353 e. The molecule has 6 aromatic rings. The van der Waals surface area contributed by atoms with Gasteiger partial charge in [-0.15, -0.1) is 0 Å². The zero-order chi connectivity index (χ0) is 34.7. The van der Waals surface area contributed by atoms with Crippen molar-refractivity contribution in [1.82, 2.24) is 20.2 Å². The molecule has 0 saturated carbocycles. The molecular formula is C42H37N5O3. The summed E-state index contributed by atoms with van der Waals surface area (Å²) in [5, 5.41) is 11.1. The van der Waals surface area contributed by atoms with Crippen molar-refractivity contribution < 1.29 is 14.4 Å². The predicted molar refractivity (Wildman–Crippen MR) is 194 cm³/mol. The van der Waals surface area contributed by atoms with Gasteiger partial charge in [0.15, 0.2) is 5.78 Å². The maximum atomic E-state index is 14.8. The van der Waals surface area contributed by atoms with E-state index in [1.807, 2.05) is 66.7 Å². The Hall–Kier alpha value is -6.41. The van der Waals surface area contributed by atoms with Crippen LogP contribution in [0, 0.1) is 5.41 Å². The molecule has 50 heavy (non-hydrogen) atoms. The highest BCUT2D eigenvalue weighted by atomic mass is 16.2. The van der Waals surface area contributed by atoms with Crippen LogP contribution in [0.15, 0.2) is 152 Å². The third-order valence-corrected chi connectivity index (χ3v) is 8.71. The van der Waals surface area contributed by atoms with Crippen LogP contribution < -0.4 is 5.32 Å². The molecule has 2 amide bonds. The number of ketones is 1. The molecule has 0 fully saturated rings. The fourth-order valence-electron chi connectivity index (χ4n) is 6.17. The van der Waals surface area contributed by atoms with Crippen molar-refractivity contribution in [2.45, 2.75) is 18.4 Å². The average molecular weight is 660 g/mol. The number of amides is 2. The molecule has 0 aliphatic heterocycles. The van der Waals surface area contributed by atoms with Crippen LogP contribution in [0.25, 0.3) is 0 Å². The van der Waals surface area contributed by atoms with E-state index in [1.54, 1.807) is 85.3 Å². The summed E-state index contributed by atoms with van der Waals surface area (Å²) < 4.78 is 0. The minimum Gasteiger partial charge on any atom is -0.353 e. The molecule has 8 heteroatoms. The Bertz CT molecular complexity index is 2010. The number of aromatic nitrogens is 2. The van der Waals surface area contributed by atoms with Gasteiger partial charge in [0.05, 0.1) is 11.9 Å². The lowest BCUT2D eigenvalue weighted by Crippen LogP contribution is -2.46. The van der Waals surface area contributed by atoms with Crippen molar-refractivity contribution in [3.8, 4) is 0 Å². The monoisotopic (exact) mass is 659 g/mol. The molecule has 0 aliphatic rings. The van der Waals surface area contributed by atoms with Crippen molar-refractivity contribution in [1.29, 1.82) is 5.41 Å². The molecular weight excluding hydrogens is 622 g/mol. The second-order valence-electron chi connectivity index (χ2n) is 11.9. The summed E-state index contributed by atoms with van der Waals surface area (Å²) in [6.07, 6.45) is 4.85. The van der Waals surface area contributed by atoms with Crippen molar-refractivity contribution >= 4 is 23.8 Å². The summed E-state index contributed by atoms with van der Waals surface area (Å²) in [7, 11) is 0. The number of rotatable bonds is 14. The van der Waals surface area contributed by atoms with Gasteiger partial charge in [0.1, 0.15) is 6.04 Å². The van der Waals surface area contributed by atoms with Gasteiger partial charge in [-0.3, -0.25) is 14.4 Å². The average Bonchev–Trinajstić information content (AvgIpc) is 3.71. The Kier molecular flexibility index (Phi) is 10.8. The smallest absolute Gasteiger partial charge is 0.255 e. The van der Waals surface area contributed by atoms with Crippen molar-refractivity contribution in [2.24, 2.45) is 0 Å². The van der Waals surface area contributed by atoms with Crippen LogP contribution >= 0.6 is 0 Å². The number of imidazole rings is 1. The van der Waals surface area contributed by atoms with Crippen LogP contribution in [0.2, 0.25) is 0 Å². The van der Waals surface area contributed by atoms with Crippen molar-refractivity contribution in [3.05, 3.63) is 197 Å². The number of hydrogen-bond acceptors (Lipinski definition) is 5. The van der Waals surface area contributed by atoms with Gasteiger partial charge < -0.3 is 20.6 Å². The van der Waals surface area contributed by atoms with Gasteiger partial charge >= 0.3 is 0 Å². The molecule has 3 N–H and O–H groups in total. The maximum absolute atomic E-state index is 14.8. The highest BCUT2D eigenvalue weighted by Crippen LogP contribution is 2.28. The normalized spacial score (nSPS) is 11.5. The fourth-order valence-corrected chi connectivity index (χ4v) is 6.17. The number of aromatic amines is 1. The van der Waals surface area contributed by atoms with E-state index in [0.29, 0.717) is 23.1 Å². The minimum absolute atomic E-state index is 0.141. The topological polar surface area (TPSA) is 119 Å². The molecule has 0 bridgehead atoms. The van der Waals surface area contributed by atoms with Crippen LogP contribution in [0.1, 0.15) is 66.2 Å². The maximum Gasteiger partial charge on any atom is 0.255 e. The van der Waals surface area contributed by atoms with Crippen LogP contribution in [-0.2, 0) is 11.2 Å².